The minimum absolute atomic E-state index is 0.0951. The van der Waals surface area contributed by atoms with Crippen molar-refractivity contribution in [1.82, 2.24) is 10.6 Å². The van der Waals surface area contributed by atoms with Crippen LogP contribution in [-0.4, -0.2) is 24.3 Å². The number of nitrogens with one attached hydrogen (secondary N) is 2. The van der Waals surface area contributed by atoms with E-state index < -0.39 is 12.0 Å². The molecule has 168 valence electrons. The van der Waals surface area contributed by atoms with Gasteiger partial charge in [0.2, 0.25) is 11.8 Å². The van der Waals surface area contributed by atoms with E-state index in [4.69, 9.17) is 4.74 Å². The summed E-state index contributed by atoms with van der Waals surface area (Å²) in [4.78, 5) is 37.5. The summed E-state index contributed by atoms with van der Waals surface area (Å²) in [6.07, 6.45) is 4.51. The minimum Gasteiger partial charge on any atom is -0.456 e. The fourth-order valence-corrected chi connectivity index (χ4v) is 3.52. The molecule has 0 saturated heterocycles. The van der Waals surface area contributed by atoms with Gasteiger partial charge in [0.1, 0.15) is 6.10 Å². The largest absolute Gasteiger partial charge is 0.456 e. The van der Waals surface area contributed by atoms with Crippen molar-refractivity contribution in [3.63, 3.8) is 0 Å². The first-order valence-corrected chi connectivity index (χ1v) is 11.0. The summed E-state index contributed by atoms with van der Waals surface area (Å²) in [5, 5.41) is 5.78. The average molecular weight is 435 g/mol. The maximum atomic E-state index is 12.9. The highest BCUT2D eigenvalue weighted by Gasteiger charge is 2.24. The van der Waals surface area contributed by atoms with Gasteiger partial charge in [0, 0.05) is 19.4 Å². The van der Waals surface area contributed by atoms with Crippen molar-refractivity contribution >= 4 is 17.8 Å². The van der Waals surface area contributed by atoms with Gasteiger partial charge in [0.05, 0.1) is 12.5 Å². The fourth-order valence-electron chi connectivity index (χ4n) is 3.52. The fraction of sp³-hybridized carbons (Fsp3) is 0.346. The Balaban J connectivity index is 1.62. The molecule has 1 aliphatic rings. The summed E-state index contributed by atoms with van der Waals surface area (Å²) in [5.41, 5.74) is 3.00. The van der Waals surface area contributed by atoms with Gasteiger partial charge in [0.25, 0.3) is 0 Å². The molecular weight excluding hydrogens is 404 g/mol. The monoisotopic (exact) mass is 434 g/mol. The number of benzene rings is 2. The summed E-state index contributed by atoms with van der Waals surface area (Å²) in [5.74, 6) is -1.18. The van der Waals surface area contributed by atoms with Gasteiger partial charge in [-0.25, -0.2) is 0 Å². The Morgan fingerprint density at radius 1 is 1.06 bits per heavy atom. The van der Waals surface area contributed by atoms with Gasteiger partial charge < -0.3 is 15.4 Å². The second kappa shape index (κ2) is 11.8. The van der Waals surface area contributed by atoms with E-state index in [1.165, 1.54) is 0 Å². The lowest BCUT2D eigenvalue weighted by atomic mass is 9.98. The molecule has 6 heteroatoms. The van der Waals surface area contributed by atoms with Gasteiger partial charge >= 0.3 is 5.97 Å². The third-order valence-corrected chi connectivity index (χ3v) is 5.42. The van der Waals surface area contributed by atoms with E-state index in [1.807, 2.05) is 73.7 Å². The molecule has 0 aliphatic carbocycles. The van der Waals surface area contributed by atoms with Crippen LogP contribution >= 0.6 is 0 Å². The number of hydrogen-bond donors (Lipinski definition) is 2. The number of amides is 2. The Morgan fingerprint density at radius 3 is 2.56 bits per heavy atom. The predicted octanol–water partition coefficient (Wildman–Crippen LogP) is 3.76. The summed E-state index contributed by atoms with van der Waals surface area (Å²) >= 11 is 0. The first-order valence-electron chi connectivity index (χ1n) is 11.0. The highest BCUT2D eigenvalue weighted by molar-refractivity contribution is 5.86. The zero-order valence-corrected chi connectivity index (χ0v) is 18.4. The molecule has 2 atom stereocenters. The third kappa shape index (κ3) is 7.38. The van der Waals surface area contributed by atoms with E-state index in [0.29, 0.717) is 19.4 Å². The normalized spacial score (nSPS) is 20.8. The Labute approximate surface area is 189 Å². The smallest absolute Gasteiger partial charge is 0.306 e. The average Bonchev–Trinajstić information content (AvgIpc) is 2.80. The van der Waals surface area contributed by atoms with E-state index in [-0.39, 0.29) is 37.2 Å². The number of cyclic esters (lactones) is 1. The van der Waals surface area contributed by atoms with Crippen LogP contribution in [0, 0.1) is 12.8 Å². The zero-order valence-electron chi connectivity index (χ0n) is 18.4. The highest BCUT2D eigenvalue weighted by Crippen LogP contribution is 2.19. The number of aryl methyl sites for hydroxylation is 1. The third-order valence-electron chi connectivity index (χ3n) is 5.42. The van der Waals surface area contributed by atoms with E-state index >= 15 is 0 Å². The van der Waals surface area contributed by atoms with Gasteiger partial charge in [-0.2, -0.15) is 0 Å². The molecule has 0 unspecified atom stereocenters. The quantitative estimate of drug-likeness (QED) is 0.554. The highest BCUT2D eigenvalue weighted by atomic mass is 16.5. The molecule has 1 aliphatic heterocycles. The van der Waals surface area contributed by atoms with E-state index in [2.05, 4.69) is 10.6 Å². The number of ether oxygens (including phenoxy) is 1. The Hall–Kier alpha value is -3.41. The standard InChI is InChI=1S/C26H30N2O4/c1-19-12-14-20(15-13-19)17-27-24(29)16-22-10-6-3-7-11-25(30)32-23(18-28-26(22)31)21-8-4-2-5-9-21/h2-6,8-9,12-15,22-23H,7,10-11,16-18H2,1H3,(H,27,29)(H,28,31)/b6-3+/t22-,23+/m0/s1. The first-order chi connectivity index (χ1) is 15.5. The Kier molecular flexibility index (Phi) is 8.61. The minimum atomic E-state index is -0.563. The molecule has 2 aromatic rings. The number of allylic oxidation sites excluding steroid dienone is 2. The second-order valence-corrected chi connectivity index (χ2v) is 8.04. The summed E-state index contributed by atoms with van der Waals surface area (Å²) < 4.78 is 5.60. The van der Waals surface area contributed by atoms with Crippen molar-refractivity contribution in [2.75, 3.05) is 6.54 Å². The molecule has 0 saturated carbocycles. The topological polar surface area (TPSA) is 84.5 Å². The van der Waals surface area contributed by atoms with Crippen LogP contribution in [0.2, 0.25) is 0 Å². The molecule has 2 N–H and O–H groups in total. The maximum absolute atomic E-state index is 12.9. The number of hydrogen-bond acceptors (Lipinski definition) is 4. The van der Waals surface area contributed by atoms with Crippen molar-refractivity contribution in [2.24, 2.45) is 5.92 Å². The molecule has 0 fully saturated rings. The van der Waals surface area contributed by atoms with Crippen molar-refractivity contribution in [3.05, 3.63) is 83.4 Å². The molecule has 6 nitrogen and oxygen atoms in total. The number of esters is 1. The Bertz CT molecular complexity index is 938. The van der Waals surface area contributed by atoms with Crippen molar-refractivity contribution in [2.45, 2.75) is 45.3 Å². The van der Waals surface area contributed by atoms with E-state index in [1.54, 1.807) is 0 Å². The van der Waals surface area contributed by atoms with Crippen LogP contribution in [0.5, 0.6) is 0 Å². The van der Waals surface area contributed by atoms with Crippen molar-refractivity contribution in [1.29, 1.82) is 0 Å². The van der Waals surface area contributed by atoms with Crippen LogP contribution in [0.1, 0.15) is 48.5 Å². The van der Waals surface area contributed by atoms with Gasteiger partial charge in [-0.15, -0.1) is 0 Å². The van der Waals surface area contributed by atoms with Crippen LogP contribution < -0.4 is 10.6 Å². The molecular formula is C26H30N2O4. The van der Waals surface area contributed by atoms with Crippen LogP contribution in [-0.2, 0) is 25.7 Å². The molecule has 0 spiro atoms. The van der Waals surface area contributed by atoms with Crippen LogP contribution in [0.25, 0.3) is 0 Å². The molecule has 3 rings (SSSR count). The zero-order chi connectivity index (χ0) is 22.8. The van der Waals surface area contributed by atoms with Crippen molar-refractivity contribution < 1.29 is 19.1 Å². The van der Waals surface area contributed by atoms with Gasteiger partial charge in [-0.05, 0) is 30.9 Å². The number of carbonyl (C=O) groups is 3. The van der Waals surface area contributed by atoms with E-state index in [9.17, 15) is 14.4 Å². The number of carbonyl (C=O) groups excluding carboxylic acids is 3. The lowest BCUT2D eigenvalue weighted by molar-refractivity contribution is -0.150. The lowest BCUT2D eigenvalue weighted by Crippen LogP contribution is -2.37. The van der Waals surface area contributed by atoms with Crippen LogP contribution in [0.15, 0.2) is 66.7 Å². The maximum Gasteiger partial charge on any atom is 0.306 e. The predicted molar refractivity (Wildman–Crippen MR) is 122 cm³/mol. The number of rotatable bonds is 5. The summed E-state index contributed by atoms with van der Waals surface area (Å²) in [6.45, 7) is 2.61. The van der Waals surface area contributed by atoms with Crippen LogP contribution in [0.4, 0.5) is 0 Å². The molecule has 2 amide bonds. The van der Waals surface area contributed by atoms with Gasteiger partial charge in [-0.3, -0.25) is 14.4 Å². The van der Waals surface area contributed by atoms with E-state index in [0.717, 1.165) is 16.7 Å². The lowest BCUT2D eigenvalue weighted by Gasteiger charge is -2.21. The SMILES string of the molecule is Cc1ccc(CNC(=O)C[C@@H]2C/C=C/CCC(=O)O[C@@H](c3ccccc3)CNC2=O)cc1. The first kappa shape index (κ1) is 23.3. The summed E-state index contributed by atoms with van der Waals surface area (Å²) in [7, 11) is 0. The van der Waals surface area contributed by atoms with Gasteiger partial charge in [-0.1, -0.05) is 72.3 Å². The Morgan fingerprint density at radius 2 is 1.81 bits per heavy atom. The molecule has 0 bridgehead atoms. The summed E-state index contributed by atoms with van der Waals surface area (Å²) in [6, 6.07) is 17.3. The molecule has 0 aromatic heterocycles. The molecule has 0 radical (unpaired) electrons. The molecule has 2 aromatic carbocycles. The molecule has 32 heavy (non-hydrogen) atoms. The second-order valence-electron chi connectivity index (χ2n) is 8.04. The van der Waals surface area contributed by atoms with Gasteiger partial charge in [0.15, 0.2) is 0 Å². The van der Waals surface area contributed by atoms with Crippen LogP contribution in [0.3, 0.4) is 0 Å². The molecule has 1 heterocycles. The van der Waals surface area contributed by atoms with Crippen molar-refractivity contribution in [3.8, 4) is 0 Å².